The molecule has 1 aromatic carbocycles. The monoisotopic (exact) mass is 372 g/mol. The summed E-state index contributed by atoms with van der Waals surface area (Å²) < 4.78 is 1.09. The van der Waals surface area contributed by atoms with E-state index in [1.54, 1.807) is 0 Å². The van der Waals surface area contributed by atoms with Gasteiger partial charge in [-0.25, -0.2) is 0 Å². The minimum absolute atomic E-state index is 0.0311. The van der Waals surface area contributed by atoms with Crippen LogP contribution >= 0.6 is 22.6 Å². The van der Waals surface area contributed by atoms with Gasteiger partial charge in [-0.15, -0.1) is 0 Å². The Bertz CT molecular complexity index is 436. The maximum atomic E-state index is 12.0. The molecule has 19 heavy (non-hydrogen) atoms. The second-order valence-electron chi connectivity index (χ2n) is 5.31. The topological polar surface area (TPSA) is 32.3 Å². The third-order valence-electron chi connectivity index (χ3n) is 3.54. The van der Waals surface area contributed by atoms with Crippen LogP contribution in [0, 0.1) is 9.49 Å². The van der Waals surface area contributed by atoms with Crippen molar-refractivity contribution in [3.63, 3.8) is 0 Å². The summed E-state index contributed by atoms with van der Waals surface area (Å²) in [6.45, 7) is 6.33. The Labute approximate surface area is 128 Å². The standard InChI is InChI=1S/C15H21IN2O/c1-12-4-3-8-18(11-12)9-7-17-15(19)13-5-2-6-14(16)10-13/h2,5-6,10,12H,3-4,7-9,11H2,1H3,(H,17,19)/t12-/m0/s1. The van der Waals surface area contributed by atoms with Crippen LogP contribution in [0.4, 0.5) is 0 Å². The molecule has 1 amide bonds. The number of rotatable bonds is 4. The summed E-state index contributed by atoms with van der Waals surface area (Å²) in [4.78, 5) is 14.4. The summed E-state index contributed by atoms with van der Waals surface area (Å²) in [5.41, 5.74) is 0.749. The Morgan fingerprint density at radius 2 is 2.37 bits per heavy atom. The van der Waals surface area contributed by atoms with Gasteiger partial charge in [-0.05, 0) is 66.1 Å². The Kier molecular flexibility index (Phi) is 5.63. The van der Waals surface area contributed by atoms with Crippen LogP contribution in [0.2, 0.25) is 0 Å². The second-order valence-corrected chi connectivity index (χ2v) is 6.56. The van der Waals surface area contributed by atoms with E-state index in [4.69, 9.17) is 0 Å². The SMILES string of the molecule is C[C@H]1CCCN(CCNC(=O)c2cccc(I)c2)C1. The first-order chi connectivity index (χ1) is 9.15. The minimum atomic E-state index is 0.0311. The minimum Gasteiger partial charge on any atom is -0.351 e. The van der Waals surface area contributed by atoms with Gasteiger partial charge in [-0.3, -0.25) is 4.79 Å². The van der Waals surface area contributed by atoms with Crippen molar-refractivity contribution in [3.05, 3.63) is 33.4 Å². The summed E-state index contributed by atoms with van der Waals surface area (Å²) in [5, 5.41) is 3.00. The summed E-state index contributed by atoms with van der Waals surface area (Å²) in [6, 6.07) is 7.69. The van der Waals surface area contributed by atoms with Crippen LogP contribution in [-0.4, -0.2) is 37.0 Å². The van der Waals surface area contributed by atoms with E-state index in [-0.39, 0.29) is 5.91 Å². The van der Waals surface area contributed by atoms with Gasteiger partial charge in [0.25, 0.3) is 5.91 Å². The lowest BCUT2D eigenvalue weighted by Gasteiger charge is -2.30. The van der Waals surface area contributed by atoms with Crippen LogP contribution in [-0.2, 0) is 0 Å². The lowest BCUT2D eigenvalue weighted by Crippen LogP contribution is -2.40. The molecular weight excluding hydrogens is 351 g/mol. The van der Waals surface area contributed by atoms with Crippen LogP contribution in [0.3, 0.4) is 0 Å². The molecule has 1 fully saturated rings. The van der Waals surface area contributed by atoms with E-state index >= 15 is 0 Å². The maximum Gasteiger partial charge on any atom is 0.251 e. The summed E-state index contributed by atoms with van der Waals surface area (Å²) in [7, 11) is 0. The molecule has 0 unspecified atom stereocenters. The second kappa shape index (κ2) is 7.24. The molecule has 0 aromatic heterocycles. The van der Waals surface area contributed by atoms with Crippen LogP contribution in [0.1, 0.15) is 30.1 Å². The number of carbonyl (C=O) groups excluding carboxylic acids is 1. The van der Waals surface area contributed by atoms with Crippen molar-refractivity contribution in [2.24, 2.45) is 5.92 Å². The van der Waals surface area contributed by atoms with Crippen molar-refractivity contribution in [1.29, 1.82) is 0 Å². The van der Waals surface area contributed by atoms with E-state index in [0.29, 0.717) is 0 Å². The summed E-state index contributed by atoms with van der Waals surface area (Å²) in [5.74, 6) is 0.823. The highest BCUT2D eigenvalue weighted by atomic mass is 127. The van der Waals surface area contributed by atoms with Gasteiger partial charge < -0.3 is 10.2 Å². The number of carbonyl (C=O) groups is 1. The molecule has 1 aliphatic heterocycles. The molecule has 3 nitrogen and oxygen atoms in total. The zero-order chi connectivity index (χ0) is 13.7. The zero-order valence-corrected chi connectivity index (χ0v) is 13.5. The molecule has 104 valence electrons. The molecule has 1 heterocycles. The Hall–Kier alpha value is -0.620. The van der Waals surface area contributed by atoms with E-state index < -0.39 is 0 Å². The van der Waals surface area contributed by atoms with Gasteiger partial charge in [0, 0.05) is 28.8 Å². The Balaban J connectivity index is 1.75. The van der Waals surface area contributed by atoms with Gasteiger partial charge in [-0.2, -0.15) is 0 Å². The number of piperidine rings is 1. The highest BCUT2D eigenvalue weighted by Gasteiger charge is 2.15. The molecule has 0 radical (unpaired) electrons. The number of benzene rings is 1. The highest BCUT2D eigenvalue weighted by Crippen LogP contribution is 2.14. The summed E-state index contributed by atoms with van der Waals surface area (Å²) in [6.07, 6.45) is 2.62. The number of nitrogens with one attached hydrogen (secondary N) is 1. The average molecular weight is 372 g/mol. The van der Waals surface area contributed by atoms with Crippen molar-refractivity contribution in [3.8, 4) is 0 Å². The number of halogens is 1. The molecule has 2 rings (SSSR count). The molecule has 1 aliphatic rings. The predicted molar refractivity (Wildman–Crippen MR) is 86.3 cm³/mol. The van der Waals surface area contributed by atoms with E-state index in [1.165, 1.54) is 25.9 Å². The number of amides is 1. The molecule has 4 heteroatoms. The van der Waals surface area contributed by atoms with E-state index in [0.717, 1.165) is 28.1 Å². The maximum absolute atomic E-state index is 12.0. The zero-order valence-electron chi connectivity index (χ0n) is 11.4. The van der Waals surface area contributed by atoms with Crippen molar-refractivity contribution < 1.29 is 4.79 Å². The van der Waals surface area contributed by atoms with E-state index in [1.807, 2.05) is 24.3 Å². The molecule has 1 N–H and O–H groups in total. The van der Waals surface area contributed by atoms with Gasteiger partial charge in [0.2, 0.25) is 0 Å². The first-order valence-electron chi connectivity index (χ1n) is 6.91. The molecule has 1 aromatic rings. The number of hydrogen-bond donors (Lipinski definition) is 1. The van der Waals surface area contributed by atoms with Gasteiger partial charge in [0.15, 0.2) is 0 Å². The average Bonchev–Trinajstić information content (AvgIpc) is 2.38. The van der Waals surface area contributed by atoms with Crippen LogP contribution in [0.15, 0.2) is 24.3 Å². The van der Waals surface area contributed by atoms with Gasteiger partial charge in [0.05, 0.1) is 0 Å². The molecule has 0 spiro atoms. The molecule has 1 saturated heterocycles. The third-order valence-corrected chi connectivity index (χ3v) is 4.21. The van der Waals surface area contributed by atoms with Crippen molar-refractivity contribution >= 4 is 28.5 Å². The summed E-state index contributed by atoms with van der Waals surface area (Å²) >= 11 is 2.23. The van der Waals surface area contributed by atoms with E-state index in [2.05, 4.69) is 39.7 Å². The fraction of sp³-hybridized carbons (Fsp3) is 0.533. The molecule has 0 bridgehead atoms. The lowest BCUT2D eigenvalue weighted by atomic mass is 10.0. The fourth-order valence-electron chi connectivity index (χ4n) is 2.55. The van der Waals surface area contributed by atoms with Crippen molar-refractivity contribution in [2.75, 3.05) is 26.2 Å². The quantitative estimate of drug-likeness (QED) is 0.825. The lowest BCUT2D eigenvalue weighted by molar-refractivity contribution is 0.0943. The first kappa shape index (κ1) is 14.8. The largest absolute Gasteiger partial charge is 0.351 e. The normalized spacial score (nSPS) is 20.2. The van der Waals surface area contributed by atoms with Crippen molar-refractivity contribution in [2.45, 2.75) is 19.8 Å². The van der Waals surface area contributed by atoms with E-state index in [9.17, 15) is 4.79 Å². The molecule has 0 saturated carbocycles. The number of nitrogens with zero attached hydrogens (tertiary/aromatic N) is 1. The van der Waals surface area contributed by atoms with Crippen molar-refractivity contribution in [1.82, 2.24) is 10.2 Å². The van der Waals surface area contributed by atoms with Crippen LogP contribution in [0.25, 0.3) is 0 Å². The highest BCUT2D eigenvalue weighted by molar-refractivity contribution is 14.1. The number of hydrogen-bond acceptors (Lipinski definition) is 2. The molecule has 1 atom stereocenters. The van der Waals surface area contributed by atoms with Gasteiger partial charge >= 0.3 is 0 Å². The Morgan fingerprint density at radius 3 is 3.11 bits per heavy atom. The Morgan fingerprint density at radius 1 is 1.53 bits per heavy atom. The van der Waals surface area contributed by atoms with Gasteiger partial charge in [0.1, 0.15) is 0 Å². The van der Waals surface area contributed by atoms with Gasteiger partial charge in [-0.1, -0.05) is 13.0 Å². The third kappa shape index (κ3) is 4.76. The van der Waals surface area contributed by atoms with Crippen LogP contribution < -0.4 is 5.32 Å². The molecule has 0 aliphatic carbocycles. The smallest absolute Gasteiger partial charge is 0.251 e. The number of likely N-dealkylation sites (tertiary alicyclic amines) is 1. The molecular formula is C15H21IN2O. The van der Waals surface area contributed by atoms with Crippen LogP contribution in [0.5, 0.6) is 0 Å². The first-order valence-corrected chi connectivity index (χ1v) is 7.99. The fourth-order valence-corrected chi connectivity index (χ4v) is 3.09. The predicted octanol–water partition coefficient (Wildman–Crippen LogP) is 2.75.